The summed E-state index contributed by atoms with van der Waals surface area (Å²) in [5, 5.41) is 10.3. The molecule has 2 heterocycles. The normalized spacial score (nSPS) is 11.1. The van der Waals surface area contributed by atoms with E-state index in [-0.39, 0.29) is 11.1 Å². The van der Waals surface area contributed by atoms with Crippen LogP contribution in [0.15, 0.2) is 42.6 Å². The number of benzene rings is 2. The lowest BCUT2D eigenvalue weighted by atomic mass is 9.96. The first-order valence-electron chi connectivity index (χ1n) is 11.8. The third-order valence-corrected chi connectivity index (χ3v) is 6.44. The van der Waals surface area contributed by atoms with Gasteiger partial charge < -0.3 is 14.2 Å². The van der Waals surface area contributed by atoms with E-state index >= 15 is 4.39 Å². The fraction of sp³-hybridized carbons (Fsp3) is 0.286. The molecule has 0 saturated carbocycles. The minimum atomic E-state index is -0.723. The summed E-state index contributed by atoms with van der Waals surface area (Å²) >= 11 is 0. The number of rotatable bonds is 9. The van der Waals surface area contributed by atoms with E-state index in [0.29, 0.717) is 46.3 Å². The number of fused-ring (bicyclic) bond motifs is 1. The van der Waals surface area contributed by atoms with Crippen molar-refractivity contribution in [1.82, 2.24) is 14.3 Å². The molecular weight excluding hydrogens is 478 g/mol. The number of halogens is 2. The van der Waals surface area contributed by atoms with E-state index in [0.717, 1.165) is 24.8 Å². The minimum Gasteiger partial charge on any atom is -0.493 e. The van der Waals surface area contributed by atoms with Gasteiger partial charge in [0.15, 0.2) is 17.1 Å². The molecule has 0 unspecified atom stereocenters. The standard InChI is InChI=1S/C28H28F2N4O3/c1-6-33(7-2)16-18-15-32-28-22(14-31)21(19-10-11-25(35-3)27(37-5)26(19)36-4)13-24(34(18)28)20-9-8-17(29)12-23(20)30/h8-13,15H,6-7,16H2,1-5H3. The highest BCUT2D eigenvalue weighted by atomic mass is 19.1. The Balaban J connectivity index is 2.11. The predicted molar refractivity (Wildman–Crippen MR) is 137 cm³/mol. The predicted octanol–water partition coefficient (Wildman–Crippen LogP) is 5.69. The van der Waals surface area contributed by atoms with Crippen molar-refractivity contribution in [2.24, 2.45) is 0 Å². The number of hydrogen-bond donors (Lipinski definition) is 0. The van der Waals surface area contributed by atoms with Crippen LogP contribution in [0.25, 0.3) is 28.0 Å². The maximum atomic E-state index is 15.2. The Kier molecular flexibility index (Phi) is 7.60. The Labute approximate surface area is 214 Å². The van der Waals surface area contributed by atoms with Gasteiger partial charge in [-0.15, -0.1) is 0 Å². The molecule has 0 spiro atoms. The Hall–Kier alpha value is -4.16. The summed E-state index contributed by atoms with van der Waals surface area (Å²) in [5.41, 5.74) is 3.02. The molecule has 4 rings (SSSR count). The number of pyridine rings is 1. The highest BCUT2D eigenvalue weighted by Crippen LogP contribution is 2.46. The number of hydrogen-bond acceptors (Lipinski definition) is 6. The summed E-state index contributed by atoms with van der Waals surface area (Å²) in [4.78, 5) is 6.77. The number of nitriles is 1. The van der Waals surface area contributed by atoms with Gasteiger partial charge in [0.25, 0.3) is 0 Å². The lowest BCUT2D eigenvalue weighted by Gasteiger charge is -2.21. The third-order valence-electron chi connectivity index (χ3n) is 6.44. The van der Waals surface area contributed by atoms with Crippen LogP contribution in [-0.2, 0) is 6.54 Å². The van der Waals surface area contributed by atoms with Gasteiger partial charge in [0.05, 0.1) is 38.9 Å². The molecule has 2 aromatic heterocycles. The molecule has 0 aliphatic rings. The fourth-order valence-electron chi connectivity index (χ4n) is 4.55. The molecule has 7 nitrogen and oxygen atoms in total. The first kappa shape index (κ1) is 25.9. The highest BCUT2D eigenvalue weighted by Gasteiger charge is 2.25. The van der Waals surface area contributed by atoms with Crippen LogP contribution in [-0.4, -0.2) is 48.7 Å². The molecule has 0 atom stereocenters. The van der Waals surface area contributed by atoms with E-state index in [4.69, 9.17) is 14.2 Å². The van der Waals surface area contributed by atoms with Gasteiger partial charge in [0.1, 0.15) is 23.3 Å². The van der Waals surface area contributed by atoms with Crippen LogP contribution in [0.3, 0.4) is 0 Å². The number of aromatic nitrogens is 2. The maximum Gasteiger partial charge on any atom is 0.203 e. The Morgan fingerprint density at radius 1 is 0.919 bits per heavy atom. The molecule has 0 N–H and O–H groups in total. The van der Waals surface area contributed by atoms with Gasteiger partial charge in [-0.2, -0.15) is 5.26 Å². The van der Waals surface area contributed by atoms with Crippen molar-refractivity contribution in [3.63, 3.8) is 0 Å². The summed E-state index contributed by atoms with van der Waals surface area (Å²) in [5.74, 6) is -0.245. The van der Waals surface area contributed by atoms with Gasteiger partial charge >= 0.3 is 0 Å². The van der Waals surface area contributed by atoms with Crippen molar-refractivity contribution in [2.75, 3.05) is 34.4 Å². The van der Waals surface area contributed by atoms with Crippen LogP contribution in [0, 0.1) is 23.0 Å². The summed E-state index contributed by atoms with van der Waals surface area (Å²) in [6.45, 7) is 6.24. The van der Waals surface area contributed by atoms with Crippen molar-refractivity contribution in [2.45, 2.75) is 20.4 Å². The van der Waals surface area contributed by atoms with Crippen LogP contribution in [0.1, 0.15) is 25.1 Å². The average molecular weight is 507 g/mol. The average Bonchev–Trinajstić information content (AvgIpc) is 3.33. The molecule has 0 saturated heterocycles. The van der Waals surface area contributed by atoms with E-state index in [2.05, 4.69) is 29.8 Å². The van der Waals surface area contributed by atoms with Gasteiger partial charge in [0.2, 0.25) is 5.75 Å². The van der Waals surface area contributed by atoms with Crippen molar-refractivity contribution in [3.8, 4) is 45.7 Å². The van der Waals surface area contributed by atoms with E-state index in [9.17, 15) is 9.65 Å². The van der Waals surface area contributed by atoms with E-state index in [1.807, 2.05) is 0 Å². The monoisotopic (exact) mass is 506 g/mol. The topological polar surface area (TPSA) is 72.0 Å². The molecule has 0 amide bonds. The molecule has 4 aromatic rings. The minimum absolute atomic E-state index is 0.176. The molecule has 9 heteroatoms. The van der Waals surface area contributed by atoms with Crippen LogP contribution in [0.2, 0.25) is 0 Å². The van der Waals surface area contributed by atoms with Crippen molar-refractivity contribution < 1.29 is 23.0 Å². The Bertz CT molecular complexity index is 1490. The van der Waals surface area contributed by atoms with Crippen LogP contribution in [0.4, 0.5) is 8.78 Å². The zero-order chi connectivity index (χ0) is 26.7. The smallest absolute Gasteiger partial charge is 0.203 e. The number of ether oxygens (including phenoxy) is 3. The fourth-order valence-corrected chi connectivity index (χ4v) is 4.55. The SMILES string of the molecule is CCN(CC)Cc1cnc2c(C#N)c(-c3ccc(OC)c(OC)c3OC)cc(-c3ccc(F)cc3F)n12. The Morgan fingerprint density at radius 2 is 1.62 bits per heavy atom. The quantitative estimate of drug-likeness (QED) is 0.291. The third kappa shape index (κ3) is 4.56. The highest BCUT2D eigenvalue weighted by molar-refractivity contribution is 5.87. The zero-order valence-electron chi connectivity index (χ0n) is 21.4. The molecule has 0 fully saturated rings. The number of imidazole rings is 1. The molecule has 0 aliphatic carbocycles. The zero-order valence-corrected chi connectivity index (χ0v) is 21.4. The molecule has 37 heavy (non-hydrogen) atoms. The van der Waals surface area contributed by atoms with E-state index < -0.39 is 11.6 Å². The summed E-state index contributed by atoms with van der Waals surface area (Å²) < 4.78 is 47.4. The molecule has 0 radical (unpaired) electrons. The summed E-state index contributed by atoms with van der Waals surface area (Å²) in [7, 11) is 4.50. The van der Waals surface area contributed by atoms with Crippen molar-refractivity contribution in [3.05, 3.63) is 65.5 Å². The lowest BCUT2D eigenvalue weighted by molar-refractivity contribution is 0.291. The van der Waals surface area contributed by atoms with Crippen LogP contribution < -0.4 is 14.2 Å². The molecular formula is C28H28F2N4O3. The lowest BCUT2D eigenvalue weighted by Crippen LogP contribution is -2.23. The molecule has 0 aliphatic heterocycles. The van der Waals surface area contributed by atoms with Gasteiger partial charge in [-0.3, -0.25) is 9.30 Å². The second-order valence-electron chi connectivity index (χ2n) is 8.31. The van der Waals surface area contributed by atoms with Gasteiger partial charge in [0, 0.05) is 29.3 Å². The first-order chi connectivity index (χ1) is 17.9. The van der Waals surface area contributed by atoms with Gasteiger partial charge in [-0.25, -0.2) is 13.8 Å². The first-order valence-corrected chi connectivity index (χ1v) is 11.8. The largest absolute Gasteiger partial charge is 0.493 e. The van der Waals surface area contributed by atoms with E-state index in [1.165, 1.54) is 33.5 Å². The van der Waals surface area contributed by atoms with Gasteiger partial charge in [-0.05, 0) is 43.4 Å². The molecule has 2 aromatic carbocycles. The van der Waals surface area contributed by atoms with Crippen LogP contribution >= 0.6 is 0 Å². The molecule has 192 valence electrons. The second kappa shape index (κ2) is 10.8. The van der Waals surface area contributed by atoms with Gasteiger partial charge in [-0.1, -0.05) is 13.8 Å². The number of nitrogens with zero attached hydrogens (tertiary/aromatic N) is 4. The van der Waals surface area contributed by atoms with Crippen molar-refractivity contribution >= 4 is 5.65 Å². The van der Waals surface area contributed by atoms with E-state index in [1.54, 1.807) is 28.8 Å². The maximum absolute atomic E-state index is 15.2. The van der Waals surface area contributed by atoms with Crippen molar-refractivity contribution in [1.29, 1.82) is 5.26 Å². The summed E-state index contributed by atoms with van der Waals surface area (Å²) in [6, 6.07) is 10.9. The van der Waals surface area contributed by atoms with Crippen LogP contribution in [0.5, 0.6) is 17.2 Å². The summed E-state index contributed by atoms with van der Waals surface area (Å²) in [6.07, 6.45) is 1.69. The Morgan fingerprint density at radius 3 is 2.22 bits per heavy atom. The molecule has 0 bridgehead atoms. The number of methoxy groups -OCH3 is 3. The second-order valence-corrected chi connectivity index (χ2v) is 8.31.